The molecule has 1 aliphatic carbocycles. The zero-order valence-corrected chi connectivity index (χ0v) is 29.4. The number of rotatable bonds is 9. The minimum absolute atomic E-state index is 0.00521. The number of piperidine rings is 1. The first-order valence-corrected chi connectivity index (χ1v) is 18.3. The van der Waals surface area contributed by atoms with Crippen molar-refractivity contribution in [2.75, 3.05) is 26.2 Å². The number of benzene rings is 4. The number of nitrogens with zero attached hydrogens (tertiary/aromatic N) is 5. The van der Waals surface area contributed by atoms with E-state index < -0.39 is 5.54 Å². The Morgan fingerprint density at radius 2 is 1.31 bits per heavy atom. The lowest BCUT2D eigenvalue weighted by atomic mass is 9.76. The SMILES string of the molecule is CCOC(=O)c1nn(C2CCN(C(=O)OCc3ccccc3)CC2)c2c1CCC1=NN(C(c3ccccc3)(c3ccccc3)c3ccccc3)CC12. The molecular weight excluding hydrogens is 651 g/mol. The van der Waals surface area contributed by atoms with Gasteiger partial charge in [-0.1, -0.05) is 121 Å². The highest BCUT2D eigenvalue weighted by atomic mass is 16.6. The molecule has 1 amide bonds. The Kier molecular flexibility index (Phi) is 9.33. The zero-order valence-electron chi connectivity index (χ0n) is 29.4. The number of carbonyl (C=O) groups excluding carboxylic acids is 2. The summed E-state index contributed by atoms with van der Waals surface area (Å²) in [5.74, 6) is -0.453. The van der Waals surface area contributed by atoms with E-state index in [9.17, 15) is 9.59 Å². The van der Waals surface area contributed by atoms with Crippen molar-refractivity contribution in [2.24, 2.45) is 5.10 Å². The van der Waals surface area contributed by atoms with Gasteiger partial charge < -0.3 is 14.4 Å². The van der Waals surface area contributed by atoms with Gasteiger partial charge in [-0.3, -0.25) is 9.69 Å². The Hall–Kier alpha value is -5.70. The molecule has 0 bridgehead atoms. The van der Waals surface area contributed by atoms with Gasteiger partial charge in [-0.2, -0.15) is 10.2 Å². The summed E-state index contributed by atoms with van der Waals surface area (Å²) in [4.78, 5) is 28.2. The summed E-state index contributed by atoms with van der Waals surface area (Å²) in [6.07, 6.45) is 2.47. The highest BCUT2D eigenvalue weighted by molar-refractivity contribution is 5.97. The van der Waals surface area contributed by atoms with Gasteiger partial charge in [-0.15, -0.1) is 0 Å². The molecule has 52 heavy (non-hydrogen) atoms. The topological polar surface area (TPSA) is 89.3 Å². The van der Waals surface area contributed by atoms with Crippen LogP contribution in [0.2, 0.25) is 0 Å². The van der Waals surface area contributed by atoms with Gasteiger partial charge >= 0.3 is 12.1 Å². The number of hydrogen-bond donors (Lipinski definition) is 0. The Morgan fingerprint density at radius 1 is 0.750 bits per heavy atom. The molecule has 1 aromatic heterocycles. The Morgan fingerprint density at radius 3 is 1.87 bits per heavy atom. The van der Waals surface area contributed by atoms with Crippen molar-refractivity contribution >= 4 is 17.8 Å². The van der Waals surface area contributed by atoms with Crippen molar-refractivity contribution in [2.45, 2.75) is 56.7 Å². The molecule has 5 aromatic rings. The third kappa shape index (κ3) is 6.04. The first-order valence-electron chi connectivity index (χ1n) is 18.3. The Labute approximate surface area is 304 Å². The second-order valence-electron chi connectivity index (χ2n) is 13.7. The van der Waals surface area contributed by atoms with Gasteiger partial charge in [-0.25, -0.2) is 9.59 Å². The number of likely N-dealkylation sites (tertiary alicyclic amines) is 1. The van der Waals surface area contributed by atoms with Gasteiger partial charge in [-0.05, 0) is 54.9 Å². The average molecular weight is 694 g/mol. The van der Waals surface area contributed by atoms with Crippen molar-refractivity contribution in [3.63, 3.8) is 0 Å². The number of aromatic nitrogens is 2. The number of hydrogen-bond acceptors (Lipinski definition) is 7. The standard InChI is InChI=1S/C43H43N5O4/c1-2-51-41(49)39-36-23-24-38-37(40(36)48(45-39)35-25-27-46(28-26-35)42(50)52-30-31-15-7-3-8-16-31)29-47(44-38)43(32-17-9-4-10-18-32,33-19-11-5-12-20-33)34-21-13-6-14-22-34/h3-22,35,37H,2,23-30H2,1H3. The van der Waals surface area contributed by atoms with Gasteiger partial charge in [0.2, 0.25) is 0 Å². The highest BCUT2D eigenvalue weighted by Crippen LogP contribution is 2.48. The molecule has 0 spiro atoms. The maximum Gasteiger partial charge on any atom is 0.410 e. The fraction of sp³-hybridized carbons (Fsp3) is 0.302. The van der Waals surface area contributed by atoms with Crippen LogP contribution in [-0.4, -0.2) is 63.7 Å². The molecule has 1 saturated heterocycles. The van der Waals surface area contributed by atoms with Crippen LogP contribution in [0.25, 0.3) is 0 Å². The molecule has 0 saturated carbocycles. The zero-order chi connectivity index (χ0) is 35.5. The molecule has 3 aliphatic rings. The molecule has 9 heteroatoms. The molecule has 0 N–H and O–H groups in total. The van der Waals surface area contributed by atoms with Crippen LogP contribution in [0, 0.1) is 0 Å². The molecule has 4 aromatic carbocycles. The van der Waals surface area contributed by atoms with Crippen molar-refractivity contribution in [3.8, 4) is 0 Å². The van der Waals surface area contributed by atoms with Crippen LogP contribution in [0.15, 0.2) is 126 Å². The second-order valence-corrected chi connectivity index (χ2v) is 13.7. The maximum absolute atomic E-state index is 13.4. The summed E-state index contributed by atoms with van der Waals surface area (Å²) in [6, 6.07) is 41.6. The van der Waals surface area contributed by atoms with E-state index in [1.54, 1.807) is 4.90 Å². The molecule has 9 nitrogen and oxygen atoms in total. The normalized spacial score (nSPS) is 17.2. The number of ether oxygens (including phenoxy) is 2. The quantitative estimate of drug-likeness (QED) is 0.116. The smallest absolute Gasteiger partial charge is 0.410 e. The van der Waals surface area contributed by atoms with E-state index >= 15 is 0 Å². The third-order valence-corrected chi connectivity index (χ3v) is 10.7. The number of hydrazone groups is 1. The summed E-state index contributed by atoms with van der Waals surface area (Å²) in [5.41, 5.74) is 7.14. The van der Waals surface area contributed by atoms with E-state index in [2.05, 4.69) is 101 Å². The van der Waals surface area contributed by atoms with Crippen molar-refractivity contribution in [1.82, 2.24) is 19.7 Å². The van der Waals surface area contributed by atoms with Gasteiger partial charge in [0, 0.05) is 24.4 Å². The van der Waals surface area contributed by atoms with Crippen LogP contribution in [0.3, 0.4) is 0 Å². The molecule has 264 valence electrons. The summed E-state index contributed by atoms with van der Waals surface area (Å²) >= 11 is 0. The summed E-state index contributed by atoms with van der Waals surface area (Å²) in [7, 11) is 0. The number of esters is 1. The van der Waals surface area contributed by atoms with Crippen molar-refractivity contribution in [3.05, 3.63) is 161 Å². The molecule has 1 fully saturated rings. The minimum Gasteiger partial charge on any atom is -0.461 e. The molecule has 1 unspecified atom stereocenters. The number of carbonyl (C=O) groups is 2. The van der Waals surface area contributed by atoms with Crippen molar-refractivity contribution < 1.29 is 19.1 Å². The lowest BCUT2D eigenvalue weighted by molar-refractivity contribution is 0.0516. The minimum atomic E-state index is -0.700. The van der Waals surface area contributed by atoms with Crippen molar-refractivity contribution in [1.29, 1.82) is 0 Å². The van der Waals surface area contributed by atoms with E-state index in [0.717, 1.165) is 45.6 Å². The summed E-state index contributed by atoms with van der Waals surface area (Å²) in [5, 5.41) is 12.8. The molecular formula is C43H43N5O4. The van der Waals surface area contributed by atoms with Crippen LogP contribution in [0.1, 0.15) is 82.1 Å². The first-order chi connectivity index (χ1) is 25.6. The molecule has 8 rings (SSSR count). The fourth-order valence-corrected chi connectivity index (χ4v) is 8.31. The lowest BCUT2D eigenvalue weighted by Crippen LogP contribution is -2.45. The van der Waals surface area contributed by atoms with Crippen LogP contribution < -0.4 is 0 Å². The van der Waals surface area contributed by atoms with E-state index in [4.69, 9.17) is 19.7 Å². The second kappa shape index (κ2) is 14.5. The maximum atomic E-state index is 13.4. The first kappa shape index (κ1) is 33.4. The third-order valence-electron chi connectivity index (χ3n) is 10.7. The van der Waals surface area contributed by atoms with E-state index in [1.807, 2.05) is 37.3 Å². The predicted molar refractivity (Wildman–Crippen MR) is 199 cm³/mol. The Balaban J connectivity index is 1.14. The Bertz CT molecular complexity index is 1940. The van der Waals surface area contributed by atoms with Gasteiger partial charge in [0.05, 0.1) is 30.8 Å². The molecule has 0 radical (unpaired) electrons. The molecule has 1 atom stereocenters. The molecule has 3 heterocycles. The van der Waals surface area contributed by atoms with E-state index in [-0.39, 0.29) is 37.2 Å². The van der Waals surface area contributed by atoms with Gasteiger partial charge in [0.25, 0.3) is 0 Å². The summed E-state index contributed by atoms with van der Waals surface area (Å²) in [6.45, 7) is 4.04. The predicted octanol–water partition coefficient (Wildman–Crippen LogP) is 7.73. The number of fused-ring (bicyclic) bond motifs is 3. The summed E-state index contributed by atoms with van der Waals surface area (Å²) < 4.78 is 13.3. The molecule has 2 aliphatic heterocycles. The van der Waals surface area contributed by atoms with E-state index in [0.29, 0.717) is 44.6 Å². The average Bonchev–Trinajstić information content (AvgIpc) is 3.82. The number of amides is 1. The highest BCUT2D eigenvalue weighted by Gasteiger charge is 2.49. The van der Waals surface area contributed by atoms with Crippen LogP contribution in [-0.2, 0) is 28.0 Å². The van der Waals surface area contributed by atoms with E-state index in [1.165, 1.54) is 0 Å². The largest absolute Gasteiger partial charge is 0.461 e. The van der Waals surface area contributed by atoms with Crippen LogP contribution in [0.5, 0.6) is 0 Å². The van der Waals surface area contributed by atoms with Crippen LogP contribution >= 0.6 is 0 Å². The van der Waals surface area contributed by atoms with Crippen LogP contribution in [0.4, 0.5) is 4.79 Å². The van der Waals surface area contributed by atoms with Gasteiger partial charge in [0.1, 0.15) is 12.1 Å². The fourth-order valence-electron chi connectivity index (χ4n) is 8.31. The monoisotopic (exact) mass is 693 g/mol. The lowest BCUT2D eigenvalue weighted by Gasteiger charge is -2.43. The van der Waals surface area contributed by atoms with Gasteiger partial charge in [0.15, 0.2) is 5.69 Å².